The van der Waals surface area contributed by atoms with Crippen molar-refractivity contribution in [3.05, 3.63) is 38.9 Å². The summed E-state index contributed by atoms with van der Waals surface area (Å²) < 4.78 is 0. The molecule has 0 bridgehead atoms. The highest BCUT2D eigenvalue weighted by Crippen LogP contribution is 2.26. The van der Waals surface area contributed by atoms with E-state index >= 15 is 0 Å². The van der Waals surface area contributed by atoms with E-state index in [4.69, 9.17) is 11.6 Å². The topological polar surface area (TPSA) is 92.5 Å². The molecular weight excluding hydrogens is 304 g/mol. The summed E-state index contributed by atoms with van der Waals surface area (Å²) in [6.45, 7) is 1.62. The molecule has 0 fully saturated rings. The van der Waals surface area contributed by atoms with Crippen molar-refractivity contribution >= 4 is 35.0 Å². The Bertz CT molecular complexity index is 508. The van der Waals surface area contributed by atoms with Gasteiger partial charge in [0.05, 0.1) is 16.6 Å². The van der Waals surface area contributed by atoms with Crippen molar-refractivity contribution in [2.45, 2.75) is 18.2 Å². The maximum atomic E-state index is 12.1. The molecule has 0 aliphatic rings. The minimum absolute atomic E-state index is 0.0219. The Hall–Kier alpha value is -1.31. The van der Waals surface area contributed by atoms with Gasteiger partial charge in [-0.15, -0.1) is 0 Å². The minimum atomic E-state index is -0.649. The lowest BCUT2D eigenvalue weighted by atomic mass is 10.1. The van der Waals surface area contributed by atoms with Crippen LogP contribution in [0, 0.1) is 10.1 Å². The Balaban J connectivity index is 3.01. The van der Waals surface area contributed by atoms with Gasteiger partial charge in [-0.1, -0.05) is 17.7 Å². The smallest absolute Gasteiger partial charge is 0.283 e. The molecule has 110 valence electrons. The number of nitro groups is 1. The maximum absolute atomic E-state index is 12.1. The van der Waals surface area contributed by atoms with Gasteiger partial charge in [0.1, 0.15) is 5.56 Å². The summed E-state index contributed by atoms with van der Waals surface area (Å²) in [6.07, 6.45) is 1.81. The molecular formula is C12H15ClN2O4S. The first kappa shape index (κ1) is 16.7. The van der Waals surface area contributed by atoms with Crippen LogP contribution < -0.4 is 5.32 Å². The summed E-state index contributed by atoms with van der Waals surface area (Å²) in [6, 6.07) is 3.72. The Morgan fingerprint density at radius 3 is 2.75 bits per heavy atom. The van der Waals surface area contributed by atoms with Crippen LogP contribution in [0.3, 0.4) is 0 Å². The molecule has 0 spiro atoms. The van der Waals surface area contributed by atoms with Crippen LogP contribution in [0.4, 0.5) is 5.69 Å². The summed E-state index contributed by atoms with van der Waals surface area (Å²) >= 11 is 7.28. The van der Waals surface area contributed by atoms with E-state index < -0.39 is 10.8 Å². The molecule has 0 aliphatic heterocycles. The normalized spacial score (nSPS) is 13.6. The monoisotopic (exact) mass is 318 g/mol. The Morgan fingerprint density at radius 1 is 1.60 bits per heavy atom. The average molecular weight is 319 g/mol. The van der Waals surface area contributed by atoms with Gasteiger partial charge in [-0.3, -0.25) is 14.9 Å². The highest BCUT2D eigenvalue weighted by Gasteiger charge is 2.26. The lowest BCUT2D eigenvalue weighted by molar-refractivity contribution is -0.385. The third kappa shape index (κ3) is 3.84. The maximum Gasteiger partial charge on any atom is 0.283 e. The van der Waals surface area contributed by atoms with E-state index in [0.29, 0.717) is 0 Å². The molecule has 2 N–H and O–H groups in total. The number of aliphatic hydroxyl groups is 1. The molecule has 2 unspecified atom stereocenters. The Labute approximate surface area is 125 Å². The third-order valence-corrected chi connectivity index (χ3v) is 4.29. The summed E-state index contributed by atoms with van der Waals surface area (Å²) in [5, 5.41) is 22.6. The number of halogens is 1. The molecule has 1 rings (SSSR count). The van der Waals surface area contributed by atoms with Crippen LogP contribution in [0.15, 0.2) is 18.2 Å². The van der Waals surface area contributed by atoms with Gasteiger partial charge < -0.3 is 10.4 Å². The van der Waals surface area contributed by atoms with E-state index in [1.807, 2.05) is 6.26 Å². The number of nitro benzene ring substituents is 1. The fraction of sp³-hybridized carbons (Fsp3) is 0.417. The number of carbonyl (C=O) groups excluding carboxylic acids is 1. The summed E-state index contributed by atoms with van der Waals surface area (Å²) in [5.74, 6) is -0.623. The van der Waals surface area contributed by atoms with Gasteiger partial charge in [0.15, 0.2) is 0 Å². The second-order valence-corrected chi connectivity index (χ2v) is 5.59. The van der Waals surface area contributed by atoms with Gasteiger partial charge in [0, 0.05) is 17.4 Å². The fourth-order valence-electron chi connectivity index (χ4n) is 1.70. The van der Waals surface area contributed by atoms with Crippen molar-refractivity contribution < 1.29 is 14.8 Å². The quantitative estimate of drug-likeness (QED) is 0.619. The van der Waals surface area contributed by atoms with Crippen molar-refractivity contribution in [3.8, 4) is 0 Å². The number of nitrogens with one attached hydrogen (secondary N) is 1. The zero-order chi connectivity index (χ0) is 15.3. The molecule has 1 aromatic carbocycles. The highest BCUT2D eigenvalue weighted by atomic mass is 35.5. The molecule has 1 aromatic rings. The van der Waals surface area contributed by atoms with Crippen LogP contribution in [0.5, 0.6) is 0 Å². The van der Waals surface area contributed by atoms with Gasteiger partial charge in [0.2, 0.25) is 0 Å². The number of hydrogen-bond acceptors (Lipinski definition) is 5. The lowest BCUT2D eigenvalue weighted by Gasteiger charge is -2.21. The largest absolute Gasteiger partial charge is 0.395 e. The Morgan fingerprint density at radius 2 is 2.25 bits per heavy atom. The first-order valence-corrected chi connectivity index (χ1v) is 7.46. The molecule has 0 aliphatic carbocycles. The number of benzene rings is 1. The second-order valence-electron chi connectivity index (χ2n) is 4.11. The van der Waals surface area contributed by atoms with Gasteiger partial charge >= 0.3 is 0 Å². The third-order valence-electron chi connectivity index (χ3n) is 2.81. The van der Waals surface area contributed by atoms with E-state index in [9.17, 15) is 20.0 Å². The van der Waals surface area contributed by atoms with Crippen LogP contribution >= 0.6 is 23.4 Å². The molecule has 0 heterocycles. The van der Waals surface area contributed by atoms with E-state index in [1.54, 1.807) is 6.92 Å². The first-order chi connectivity index (χ1) is 9.42. The number of nitrogens with zero attached hydrogens (tertiary/aromatic N) is 1. The molecule has 0 saturated carbocycles. The average Bonchev–Trinajstić information content (AvgIpc) is 2.39. The number of carbonyl (C=O) groups is 1. The van der Waals surface area contributed by atoms with Gasteiger partial charge in [-0.25, -0.2) is 0 Å². The molecule has 6 nitrogen and oxygen atoms in total. The number of rotatable bonds is 6. The number of hydrogen-bond donors (Lipinski definition) is 2. The van der Waals surface area contributed by atoms with Gasteiger partial charge in [0.25, 0.3) is 11.6 Å². The van der Waals surface area contributed by atoms with Crippen molar-refractivity contribution in [1.29, 1.82) is 0 Å². The van der Waals surface area contributed by atoms with Gasteiger partial charge in [-0.05, 0) is 19.2 Å². The van der Waals surface area contributed by atoms with Crippen molar-refractivity contribution in [1.82, 2.24) is 5.32 Å². The summed E-state index contributed by atoms with van der Waals surface area (Å²) in [7, 11) is 0. The molecule has 0 saturated heterocycles. The standard InChI is InChI=1S/C12H15ClN2O4S/c1-7(10(6-16)20-2)14-12(17)11-8(13)4-3-5-9(11)15(18)19/h3-5,7,10,16H,6H2,1-2H3,(H,14,17). The second kappa shape index (κ2) is 7.47. The van der Waals surface area contributed by atoms with Crippen molar-refractivity contribution in [2.75, 3.05) is 12.9 Å². The van der Waals surface area contributed by atoms with Crippen molar-refractivity contribution in [3.63, 3.8) is 0 Å². The molecule has 1 amide bonds. The van der Waals surface area contributed by atoms with Crippen LogP contribution in [0.1, 0.15) is 17.3 Å². The van der Waals surface area contributed by atoms with Gasteiger partial charge in [-0.2, -0.15) is 11.8 Å². The predicted molar refractivity (Wildman–Crippen MR) is 79.4 cm³/mol. The van der Waals surface area contributed by atoms with Crippen LogP contribution in [-0.4, -0.2) is 40.1 Å². The fourth-order valence-corrected chi connectivity index (χ4v) is 2.58. The van der Waals surface area contributed by atoms with Crippen molar-refractivity contribution in [2.24, 2.45) is 0 Å². The number of aliphatic hydroxyl groups excluding tert-OH is 1. The SMILES string of the molecule is CSC(CO)C(C)NC(=O)c1c(Cl)cccc1[N+](=O)[O-]. The molecule has 0 radical (unpaired) electrons. The molecule has 8 heteroatoms. The summed E-state index contributed by atoms with van der Waals surface area (Å²) in [5.41, 5.74) is -0.504. The first-order valence-electron chi connectivity index (χ1n) is 5.79. The molecule has 0 aromatic heterocycles. The predicted octanol–water partition coefficient (Wildman–Crippen LogP) is 2.09. The highest BCUT2D eigenvalue weighted by molar-refractivity contribution is 7.99. The molecule has 20 heavy (non-hydrogen) atoms. The van der Waals surface area contributed by atoms with Crippen LogP contribution in [0.25, 0.3) is 0 Å². The van der Waals surface area contributed by atoms with E-state index in [-0.39, 0.29) is 34.2 Å². The van der Waals surface area contributed by atoms with E-state index in [2.05, 4.69) is 5.32 Å². The lowest BCUT2D eigenvalue weighted by Crippen LogP contribution is -2.41. The Kier molecular flexibility index (Phi) is 6.25. The van der Waals surface area contributed by atoms with E-state index in [1.165, 1.54) is 30.0 Å². The van der Waals surface area contributed by atoms with Crippen LogP contribution in [-0.2, 0) is 0 Å². The van der Waals surface area contributed by atoms with Crippen LogP contribution in [0.2, 0.25) is 5.02 Å². The number of amides is 1. The zero-order valence-electron chi connectivity index (χ0n) is 11.0. The zero-order valence-corrected chi connectivity index (χ0v) is 12.6. The number of thioether (sulfide) groups is 1. The molecule has 2 atom stereocenters. The van der Waals surface area contributed by atoms with E-state index in [0.717, 1.165) is 0 Å². The minimum Gasteiger partial charge on any atom is -0.395 e. The summed E-state index contributed by atoms with van der Waals surface area (Å²) in [4.78, 5) is 22.4.